The van der Waals surface area contributed by atoms with Crippen LogP contribution in [0.4, 0.5) is 18.9 Å². The van der Waals surface area contributed by atoms with E-state index in [2.05, 4.69) is 5.32 Å². The molecule has 2 N–H and O–H groups in total. The second-order valence-electron chi connectivity index (χ2n) is 4.49. The molecule has 2 rings (SSSR count). The van der Waals surface area contributed by atoms with Crippen LogP contribution in [0.3, 0.4) is 0 Å². The first-order valence-electron chi connectivity index (χ1n) is 6.31. The molecule has 1 aliphatic heterocycles. The number of halogens is 3. The molecule has 1 fully saturated rings. The Balaban J connectivity index is 1.87. The van der Waals surface area contributed by atoms with E-state index < -0.39 is 47.6 Å². The van der Waals surface area contributed by atoms with Gasteiger partial charge >= 0.3 is 0 Å². The lowest BCUT2D eigenvalue weighted by molar-refractivity contribution is -0.131. The zero-order valence-corrected chi connectivity index (χ0v) is 10.9. The van der Waals surface area contributed by atoms with Crippen molar-refractivity contribution in [2.75, 3.05) is 18.5 Å². The summed E-state index contributed by atoms with van der Waals surface area (Å²) in [6.07, 6.45) is 0.757. The lowest BCUT2D eigenvalue weighted by Gasteiger charge is -2.11. The van der Waals surface area contributed by atoms with Gasteiger partial charge in [0.2, 0.25) is 11.8 Å². The predicted molar refractivity (Wildman–Crippen MR) is 66.9 cm³/mol. The lowest BCUT2D eigenvalue weighted by Crippen LogP contribution is -2.39. The van der Waals surface area contributed by atoms with Crippen LogP contribution < -0.4 is 10.6 Å². The maximum Gasteiger partial charge on any atom is 0.249 e. The zero-order valence-electron chi connectivity index (χ0n) is 10.9. The van der Waals surface area contributed by atoms with Crippen molar-refractivity contribution in [3.63, 3.8) is 0 Å². The fraction of sp³-hybridized carbons (Fsp3) is 0.385. The van der Waals surface area contributed by atoms with Crippen molar-refractivity contribution in [1.29, 1.82) is 0 Å². The molecule has 114 valence electrons. The number of carbonyl (C=O) groups excluding carboxylic acids is 2. The molecule has 0 saturated carbocycles. The van der Waals surface area contributed by atoms with Gasteiger partial charge in [0.15, 0.2) is 17.5 Å². The Morgan fingerprint density at radius 1 is 1.24 bits per heavy atom. The van der Waals surface area contributed by atoms with Crippen molar-refractivity contribution >= 4 is 17.5 Å². The van der Waals surface area contributed by atoms with Gasteiger partial charge in [0.05, 0.1) is 12.2 Å². The van der Waals surface area contributed by atoms with Crippen LogP contribution in [0.15, 0.2) is 12.1 Å². The summed E-state index contributed by atoms with van der Waals surface area (Å²) < 4.78 is 44.1. The van der Waals surface area contributed by atoms with Crippen molar-refractivity contribution in [2.45, 2.75) is 18.9 Å². The highest BCUT2D eigenvalue weighted by atomic mass is 19.2. The number of amides is 2. The van der Waals surface area contributed by atoms with E-state index in [9.17, 15) is 22.8 Å². The third-order valence-corrected chi connectivity index (χ3v) is 2.95. The minimum Gasteiger partial charge on any atom is -0.368 e. The summed E-state index contributed by atoms with van der Waals surface area (Å²) >= 11 is 0. The van der Waals surface area contributed by atoms with Gasteiger partial charge in [-0.2, -0.15) is 0 Å². The van der Waals surface area contributed by atoms with Gasteiger partial charge in [0, 0.05) is 6.61 Å². The largest absolute Gasteiger partial charge is 0.368 e. The Morgan fingerprint density at radius 3 is 2.67 bits per heavy atom. The Labute approximate surface area is 118 Å². The summed E-state index contributed by atoms with van der Waals surface area (Å²) in [6, 6.07) is 1.59. The van der Waals surface area contributed by atoms with Gasteiger partial charge in [-0.3, -0.25) is 9.59 Å². The average molecular weight is 302 g/mol. The van der Waals surface area contributed by atoms with Crippen LogP contribution in [0.5, 0.6) is 0 Å². The number of hydrogen-bond donors (Lipinski definition) is 2. The second-order valence-corrected chi connectivity index (χ2v) is 4.49. The molecule has 1 aromatic carbocycles. The number of carbonyl (C=O) groups is 2. The second kappa shape index (κ2) is 6.57. The Bertz CT molecular complexity index is 560. The Morgan fingerprint density at radius 2 is 2.00 bits per heavy atom. The van der Waals surface area contributed by atoms with E-state index in [0.717, 1.165) is 12.5 Å². The highest BCUT2D eigenvalue weighted by molar-refractivity contribution is 5.95. The molecule has 5 nitrogen and oxygen atoms in total. The van der Waals surface area contributed by atoms with E-state index in [1.807, 2.05) is 5.32 Å². The molecule has 21 heavy (non-hydrogen) atoms. The highest BCUT2D eigenvalue weighted by Crippen LogP contribution is 2.19. The molecule has 1 saturated heterocycles. The minimum absolute atomic E-state index is 0.420. The molecule has 1 atom stereocenters. The standard InChI is InChI=1S/C13H13F3N2O3/c14-7-3-4-8(12(16)11(7)15)18-10(19)6-17-13(20)9-2-1-5-21-9/h3-4,9H,1-2,5-6H2,(H,17,20)(H,18,19). The van der Waals surface area contributed by atoms with E-state index in [1.54, 1.807) is 0 Å². The predicted octanol–water partition coefficient (Wildman–Crippen LogP) is 1.34. The normalized spacial score (nSPS) is 17.6. The number of benzene rings is 1. The van der Waals surface area contributed by atoms with E-state index in [4.69, 9.17) is 4.74 Å². The summed E-state index contributed by atoms with van der Waals surface area (Å²) in [7, 11) is 0. The van der Waals surface area contributed by atoms with Crippen LogP contribution >= 0.6 is 0 Å². The molecule has 1 aliphatic rings. The van der Waals surface area contributed by atoms with E-state index in [0.29, 0.717) is 19.1 Å². The van der Waals surface area contributed by atoms with Crippen LogP contribution in [0.2, 0.25) is 0 Å². The van der Waals surface area contributed by atoms with Crippen molar-refractivity contribution in [2.24, 2.45) is 0 Å². The summed E-state index contributed by atoms with van der Waals surface area (Å²) in [4.78, 5) is 23.1. The molecular weight excluding hydrogens is 289 g/mol. The number of nitrogens with one attached hydrogen (secondary N) is 2. The van der Waals surface area contributed by atoms with Crippen LogP contribution in [0, 0.1) is 17.5 Å². The van der Waals surface area contributed by atoms with Gasteiger partial charge < -0.3 is 15.4 Å². The monoisotopic (exact) mass is 302 g/mol. The van der Waals surface area contributed by atoms with Crippen LogP contribution in [-0.4, -0.2) is 31.1 Å². The van der Waals surface area contributed by atoms with Crippen molar-refractivity contribution in [1.82, 2.24) is 5.32 Å². The SMILES string of the molecule is O=C(CNC(=O)C1CCCO1)Nc1ccc(F)c(F)c1F. The average Bonchev–Trinajstić information content (AvgIpc) is 3.00. The lowest BCUT2D eigenvalue weighted by atomic mass is 10.2. The Kier molecular flexibility index (Phi) is 4.79. The fourth-order valence-corrected chi connectivity index (χ4v) is 1.88. The first kappa shape index (κ1) is 15.3. The van der Waals surface area contributed by atoms with Gasteiger partial charge in [-0.15, -0.1) is 0 Å². The molecule has 0 spiro atoms. The Hall–Kier alpha value is -2.09. The maximum atomic E-state index is 13.3. The molecule has 0 radical (unpaired) electrons. The van der Waals surface area contributed by atoms with Crippen LogP contribution in [-0.2, 0) is 14.3 Å². The zero-order chi connectivity index (χ0) is 15.4. The summed E-state index contributed by atoms with van der Waals surface area (Å²) in [6.45, 7) is 0.0709. The molecule has 0 bridgehead atoms. The minimum atomic E-state index is -1.67. The summed E-state index contributed by atoms with van der Waals surface area (Å²) in [5.74, 6) is -5.71. The molecule has 2 amide bonds. The highest BCUT2D eigenvalue weighted by Gasteiger charge is 2.24. The van der Waals surface area contributed by atoms with Crippen LogP contribution in [0.25, 0.3) is 0 Å². The van der Waals surface area contributed by atoms with Gasteiger partial charge in [-0.25, -0.2) is 13.2 Å². The number of rotatable bonds is 4. The van der Waals surface area contributed by atoms with E-state index >= 15 is 0 Å². The van der Waals surface area contributed by atoms with Gasteiger partial charge in [0.25, 0.3) is 0 Å². The molecule has 0 aromatic heterocycles. The number of hydrogen-bond acceptors (Lipinski definition) is 3. The quantitative estimate of drug-likeness (QED) is 0.825. The number of ether oxygens (including phenoxy) is 1. The molecule has 1 unspecified atom stereocenters. The van der Waals surface area contributed by atoms with Crippen molar-refractivity contribution in [3.05, 3.63) is 29.6 Å². The summed E-state index contributed by atoms with van der Waals surface area (Å²) in [5, 5.41) is 4.37. The van der Waals surface area contributed by atoms with Crippen LogP contribution in [0.1, 0.15) is 12.8 Å². The maximum absolute atomic E-state index is 13.3. The number of anilines is 1. The molecule has 1 heterocycles. The third kappa shape index (κ3) is 3.72. The topological polar surface area (TPSA) is 67.4 Å². The van der Waals surface area contributed by atoms with Crippen molar-refractivity contribution in [3.8, 4) is 0 Å². The van der Waals surface area contributed by atoms with Gasteiger partial charge in [-0.1, -0.05) is 0 Å². The third-order valence-electron chi connectivity index (χ3n) is 2.95. The van der Waals surface area contributed by atoms with Gasteiger partial charge in [-0.05, 0) is 25.0 Å². The first-order valence-corrected chi connectivity index (χ1v) is 6.31. The van der Waals surface area contributed by atoms with E-state index in [-0.39, 0.29) is 0 Å². The molecule has 8 heteroatoms. The first-order chi connectivity index (χ1) is 9.99. The molecule has 0 aliphatic carbocycles. The van der Waals surface area contributed by atoms with Crippen molar-refractivity contribution < 1.29 is 27.5 Å². The van der Waals surface area contributed by atoms with E-state index in [1.165, 1.54) is 0 Å². The smallest absolute Gasteiger partial charge is 0.249 e. The fourth-order valence-electron chi connectivity index (χ4n) is 1.88. The van der Waals surface area contributed by atoms with Gasteiger partial charge in [0.1, 0.15) is 6.10 Å². The molecule has 1 aromatic rings. The molecular formula is C13H13F3N2O3. The summed E-state index contributed by atoms with van der Waals surface area (Å²) in [5.41, 5.74) is -0.495.